The number of nitrogens with one attached hydrogen (secondary N) is 2. The Hall–Kier alpha value is -2.55. The molecule has 0 unspecified atom stereocenters. The van der Waals surface area contributed by atoms with Gasteiger partial charge in [0.05, 0.1) is 25.1 Å². The molecule has 1 saturated heterocycles. The molecule has 0 aliphatic carbocycles. The fourth-order valence-corrected chi connectivity index (χ4v) is 4.36. The Kier molecular flexibility index (Phi) is 6.33. The van der Waals surface area contributed by atoms with Crippen LogP contribution in [0.3, 0.4) is 0 Å². The highest BCUT2D eigenvalue weighted by atomic mass is 32.1. The molecule has 0 atom stereocenters. The Balaban J connectivity index is 1.65. The van der Waals surface area contributed by atoms with Crippen LogP contribution < -0.4 is 10.6 Å². The zero-order valence-electron chi connectivity index (χ0n) is 16.5. The zero-order chi connectivity index (χ0) is 20.1. The lowest BCUT2D eigenvalue weighted by Gasteiger charge is -2.25. The molecule has 1 amide bonds. The highest BCUT2D eigenvalue weighted by Gasteiger charge is 2.18. The molecule has 0 bridgehead atoms. The van der Waals surface area contributed by atoms with Crippen LogP contribution in [0.4, 0.5) is 5.82 Å². The van der Waals surface area contributed by atoms with Crippen molar-refractivity contribution in [2.24, 2.45) is 0 Å². The molecule has 2 N–H and O–H groups in total. The van der Waals surface area contributed by atoms with Crippen LogP contribution in [0.5, 0.6) is 0 Å². The van der Waals surface area contributed by atoms with Gasteiger partial charge in [0.2, 0.25) is 5.91 Å². The average molecular weight is 412 g/mol. The second-order valence-electron chi connectivity index (χ2n) is 6.98. The van der Waals surface area contributed by atoms with Gasteiger partial charge in [-0.2, -0.15) is 0 Å². The molecule has 4 rings (SSSR count). The van der Waals surface area contributed by atoms with Crippen molar-refractivity contribution in [3.05, 3.63) is 41.5 Å². The summed E-state index contributed by atoms with van der Waals surface area (Å²) in [5, 5.41) is 9.42. The predicted octanol–water partition coefficient (Wildman–Crippen LogP) is 2.74. The molecule has 8 heteroatoms. The van der Waals surface area contributed by atoms with Crippen LogP contribution >= 0.6 is 11.3 Å². The van der Waals surface area contributed by atoms with Gasteiger partial charge < -0.3 is 15.4 Å². The van der Waals surface area contributed by atoms with Crippen molar-refractivity contribution in [3.63, 3.8) is 0 Å². The molecule has 3 heterocycles. The molecule has 7 nitrogen and oxygen atoms in total. The van der Waals surface area contributed by atoms with Crippen LogP contribution in [0.25, 0.3) is 21.3 Å². The molecule has 29 heavy (non-hydrogen) atoms. The number of aromatic nitrogens is 2. The molecule has 0 radical (unpaired) electrons. The summed E-state index contributed by atoms with van der Waals surface area (Å²) < 4.78 is 5.44. The smallest absolute Gasteiger partial charge is 0.216 e. The van der Waals surface area contributed by atoms with E-state index in [9.17, 15) is 4.79 Å². The Morgan fingerprint density at radius 2 is 1.97 bits per heavy atom. The zero-order valence-corrected chi connectivity index (χ0v) is 17.3. The topological polar surface area (TPSA) is 79.4 Å². The summed E-state index contributed by atoms with van der Waals surface area (Å²) in [5.74, 6) is 1.60. The van der Waals surface area contributed by atoms with Gasteiger partial charge in [0, 0.05) is 44.0 Å². The highest BCUT2D eigenvalue weighted by Crippen LogP contribution is 2.37. The second kappa shape index (κ2) is 9.30. The Morgan fingerprint density at radius 1 is 1.17 bits per heavy atom. The fourth-order valence-electron chi connectivity index (χ4n) is 3.39. The molecule has 1 aromatic carbocycles. The third-order valence-corrected chi connectivity index (χ3v) is 5.70. The summed E-state index contributed by atoms with van der Waals surface area (Å²) in [6, 6.07) is 10.3. The number of fused-ring (bicyclic) bond motifs is 1. The quantitative estimate of drug-likeness (QED) is 0.582. The number of carbonyl (C=O) groups excluding carboxylic acids is 1. The Bertz CT molecular complexity index is 970. The van der Waals surface area contributed by atoms with Gasteiger partial charge in [0.25, 0.3) is 0 Å². The van der Waals surface area contributed by atoms with E-state index in [0.29, 0.717) is 19.6 Å². The molecule has 1 fully saturated rings. The van der Waals surface area contributed by atoms with Crippen molar-refractivity contribution in [1.29, 1.82) is 0 Å². The normalized spacial score (nSPS) is 14.8. The minimum absolute atomic E-state index is 0.0341. The van der Waals surface area contributed by atoms with Crippen LogP contribution in [-0.2, 0) is 16.1 Å². The first-order chi connectivity index (χ1) is 14.2. The summed E-state index contributed by atoms with van der Waals surface area (Å²) in [6.45, 7) is 6.67. The minimum Gasteiger partial charge on any atom is -0.379 e. The van der Waals surface area contributed by atoms with Gasteiger partial charge in [-0.15, -0.1) is 11.3 Å². The molecule has 1 aliphatic rings. The summed E-state index contributed by atoms with van der Waals surface area (Å²) in [7, 11) is 0. The SMILES string of the molecule is CC(=O)NCCNc1nc(CN2CCOCC2)nc2scc(-c3ccccc3)c12. The number of hydrogen-bond donors (Lipinski definition) is 2. The van der Waals surface area contributed by atoms with Crippen molar-refractivity contribution >= 4 is 33.3 Å². The van der Waals surface area contributed by atoms with E-state index in [0.717, 1.165) is 59.3 Å². The lowest BCUT2D eigenvalue weighted by Crippen LogP contribution is -2.36. The molecule has 0 saturated carbocycles. The molecule has 152 valence electrons. The van der Waals surface area contributed by atoms with Crippen LogP contribution in [-0.4, -0.2) is 60.2 Å². The van der Waals surface area contributed by atoms with Crippen LogP contribution in [0.2, 0.25) is 0 Å². The third kappa shape index (κ3) is 4.90. The van der Waals surface area contributed by atoms with Crippen molar-refractivity contribution in [2.45, 2.75) is 13.5 Å². The van der Waals surface area contributed by atoms with Gasteiger partial charge in [-0.05, 0) is 5.56 Å². The number of ether oxygens (including phenoxy) is 1. The largest absolute Gasteiger partial charge is 0.379 e. The number of nitrogens with zero attached hydrogens (tertiary/aromatic N) is 3. The minimum atomic E-state index is -0.0341. The first-order valence-corrected chi connectivity index (χ1v) is 10.7. The van der Waals surface area contributed by atoms with E-state index in [-0.39, 0.29) is 5.91 Å². The monoisotopic (exact) mass is 411 g/mol. The van der Waals surface area contributed by atoms with E-state index in [1.165, 1.54) is 6.92 Å². The first-order valence-electron chi connectivity index (χ1n) is 9.82. The van der Waals surface area contributed by atoms with E-state index < -0.39 is 0 Å². The maximum absolute atomic E-state index is 11.2. The Morgan fingerprint density at radius 3 is 2.72 bits per heavy atom. The molecule has 2 aromatic heterocycles. The van der Waals surface area contributed by atoms with Gasteiger partial charge in [0.15, 0.2) is 0 Å². The maximum Gasteiger partial charge on any atom is 0.216 e. The summed E-state index contributed by atoms with van der Waals surface area (Å²) in [5.41, 5.74) is 2.28. The number of rotatable bonds is 7. The van der Waals surface area contributed by atoms with Crippen molar-refractivity contribution < 1.29 is 9.53 Å². The van der Waals surface area contributed by atoms with E-state index in [1.54, 1.807) is 11.3 Å². The van der Waals surface area contributed by atoms with Crippen LogP contribution in [0.15, 0.2) is 35.7 Å². The van der Waals surface area contributed by atoms with Crippen molar-refractivity contribution in [2.75, 3.05) is 44.7 Å². The number of morpholine rings is 1. The number of anilines is 1. The van der Waals surface area contributed by atoms with Crippen LogP contribution in [0, 0.1) is 0 Å². The van der Waals surface area contributed by atoms with Gasteiger partial charge in [-0.3, -0.25) is 9.69 Å². The third-order valence-electron chi connectivity index (χ3n) is 4.82. The number of amides is 1. The summed E-state index contributed by atoms with van der Waals surface area (Å²) in [4.78, 5) is 24.2. The molecular formula is C21H25N5O2S. The number of hydrogen-bond acceptors (Lipinski definition) is 7. The number of thiophene rings is 1. The van der Waals surface area contributed by atoms with Gasteiger partial charge >= 0.3 is 0 Å². The second-order valence-corrected chi connectivity index (χ2v) is 7.84. The van der Waals surface area contributed by atoms with E-state index in [4.69, 9.17) is 14.7 Å². The molecule has 3 aromatic rings. The number of carbonyl (C=O) groups is 1. The van der Waals surface area contributed by atoms with E-state index >= 15 is 0 Å². The lowest BCUT2D eigenvalue weighted by atomic mass is 10.1. The summed E-state index contributed by atoms with van der Waals surface area (Å²) >= 11 is 1.64. The standard InChI is InChI=1S/C21H25N5O2S/c1-15(27)22-7-8-23-20-19-17(16-5-3-2-4-6-16)14-29-21(19)25-18(24-20)13-26-9-11-28-12-10-26/h2-6,14H,7-13H2,1H3,(H,22,27)(H,23,24,25). The maximum atomic E-state index is 11.2. The summed E-state index contributed by atoms with van der Waals surface area (Å²) in [6.07, 6.45) is 0. The highest BCUT2D eigenvalue weighted by molar-refractivity contribution is 7.17. The average Bonchev–Trinajstić information content (AvgIpc) is 3.16. The van der Waals surface area contributed by atoms with Gasteiger partial charge in [-0.25, -0.2) is 9.97 Å². The van der Waals surface area contributed by atoms with Gasteiger partial charge in [0.1, 0.15) is 16.5 Å². The van der Waals surface area contributed by atoms with Crippen LogP contribution in [0.1, 0.15) is 12.7 Å². The number of benzene rings is 1. The lowest BCUT2D eigenvalue weighted by molar-refractivity contribution is -0.118. The predicted molar refractivity (Wildman–Crippen MR) is 116 cm³/mol. The molecular weight excluding hydrogens is 386 g/mol. The Labute approximate surface area is 174 Å². The molecule has 0 spiro atoms. The van der Waals surface area contributed by atoms with Crippen molar-refractivity contribution in [3.8, 4) is 11.1 Å². The van der Waals surface area contributed by atoms with E-state index in [2.05, 4.69) is 33.0 Å². The fraction of sp³-hybridized carbons (Fsp3) is 0.381. The van der Waals surface area contributed by atoms with Crippen molar-refractivity contribution in [1.82, 2.24) is 20.2 Å². The molecule has 1 aliphatic heterocycles. The first kappa shape index (κ1) is 19.8. The van der Waals surface area contributed by atoms with Gasteiger partial charge in [-0.1, -0.05) is 30.3 Å². The van der Waals surface area contributed by atoms with E-state index in [1.807, 2.05) is 18.2 Å².